The molecule has 0 spiro atoms. The number of carbonyl (C=O) groups excluding carboxylic acids is 1. The number of amides is 1. The molecule has 1 amide bonds. The van der Waals surface area contributed by atoms with E-state index in [1.165, 1.54) is 11.8 Å². The van der Waals surface area contributed by atoms with Gasteiger partial charge in [0.15, 0.2) is 0 Å². The van der Waals surface area contributed by atoms with Crippen LogP contribution in [0.2, 0.25) is 0 Å². The Balaban J connectivity index is 1.67. The first kappa shape index (κ1) is 16.9. The van der Waals surface area contributed by atoms with Crippen molar-refractivity contribution >= 4 is 29.0 Å². The van der Waals surface area contributed by atoms with E-state index in [1.54, 1.807) is 23.3 Å². The van der Waals surface area contributed by atoms with Crippen LogP contribution in [0.4, 0.5) is 0 Å². The minimum atomic E-state index is 0.0292. The zero-order valence-corrected chi connectivity index (χ0v) is 15.3. The van der Waals surface area contributed by atoms with Crippen LogP contribution >= 0.6 is 23.1 Å². The highest BCUT2D eigenvalue weighted by atomic mass is 32.2. The molecule has 1 fully saturated rings. The molecule has 5 nitrogen and oxygen atoms in total. The van der Waals surface area contributed by atoms with Gasteiger partial charge in [0.2, 0.25) is 5.91 Å². The zero-order chi connectivity index (χ0) is 17.1. The highest BCUT2D eigenvalue weighted by Crippen LogP contribution is 2.39. The average molecular weight is 358 g/mol. The predicted octanol–water partition coefficient (Wildman–Crippen LogP) is 3.35. The van der Waals surface area contributed by atoms with E-state index in [-0.39, 0.29) is 11.7 Å². The fourth-order valence-corrected chi connectivity index (χ4v) is 4.02. The van der Waals surface area contributed by atoms with Gasteiger partial charge in [0.1, 0.15) is 22.5 Å². The number of rotatable bonds is 6. The highest BCUT2D eigenvalue weighted by molar-refractivity contribution is 8.00. The van der Waals surface area contributed by atoms with E-state index < -0.39 is 0 Å². The van der Waals surface area contributed by atoms with Gasteiger partial charge in [-0.15, -0.1) is 11.3 Å². The van der Waals surface area contributed by atoms with Crippen molar-refractivity contribution in [3.63, 3.8) is 0 Å². The maximum Gasteiger partial charge on any atom is 0.233 e. The SMILES string of the molecule is Cc1nc(C2CC2)nc(SCC(=O)N(C)Cc2cccs2)c1C#N. The van der Waals surface area contributed by atoms with Crippen molar-refractivity contribution in [1.29, 1.82) is 5.26 Å². The van der Waals surface area contributed by atoms with Crippen molar-refractivity contribution in [3.8, 4) is 6.07 Å². The van der Waals surface area contributed by atoms with Crippen molar-refractivity contribution in [1.82, 2.24) is 14.9 Å². The lowest BCUT2D eigenvalue weighted by Gasteiger charge is -2.16. The van der Waals surface area contributed by atoms with Crippen molar-refractivity contribution in [3.05, 3.63) is 39.5 Å². The zero-order valence-electron chi connectivity index (χ0n) is 13.7. The topological polar surface area (TPSA) is 69.9 Å². The second-order valence-corrected chi connectivity index (χ2v) is 7.85. The first-order chi connectivity index (χ1) is 11.6. The van der Waals surface area contributed by atoms with E-state index >= 15 is 0 Å². The van der Waals surface area contributed by atoms with E-state index in [9.17, 15) is 10.1 Å². The molecule has 2 aromatic heterocycles. The summed E-state index contributed by atoms with van der Waals surface area (Å²) in [5, 5.41) is 12.0. The molecule has 2 aromatic rings. The fourth-order valence-electron chi connectivity index (χ4n) is 2.29. The van der Waals surface area contributed by atoms with Crippen LogP contribution in [0.25, 0.3) is 0 Å². The van der Waals surface area contributed by atoms with Crippen LogP contribution in [-0.4, -0.2) is 33.6 Å². The Labute approximate surface area is 149 Å². The largest absolute Gasteiger partial charge is 0.340 e. The molecule has 0 saturated heterocycles. The number of carbonyl (C=O) groups is 1. The molecule has 0 bridgehead atoms. The molecule has 1 aliphatic carbocycles. The van der Waals surface area contributed by atoms with Crippen molar-refractivity contribution in [2.75, 3.05) is 12.8 Å². The molecule has 3 rings (SSSR count). The van der Waals surface area contributed by atoms with Crippen LogP contribution in [-0.2, 0) is 11.3 Å². The lowest BCUT2D eigenvalue weighted by molar-refractivity contribution is -0.127. The van der Waals surface area contributed by atoms with Gasteiger partial charge in [0.05, 0.1) is 18.0 Å². The molecule has 7 heteroatoms. The first-order valence-electron chi connectivity index (χ1n) is 7.76. The lowest BCUT2D eigenvalue weighted by Crippen LogP contribution is -2.27. The van der Waals surface area contributed by atoms with Gasteiger partial charge in [-0.1, -0.05) is 17.8 Å². The van der Waals surface area contributed by atoms with Gasteiger partial charge < -0.3 is 4.90 Å². The number of nitrogens with zero attached hydrogens (tertiary/aromatic N) is 4. The molecular formula is C17H18N4OS2. The fraction of sp³-hybridized carbons (Fsp3) is 0.412. The summed E-state index contributed by atoms with van der Waals surface area (Å²) in [5.74, 6) is 1.54. The van der Waals surface area contributed by atoms with Crippen LogP contribution in [0.3, 0.4) is 0 Å². The van der Waals surface area contributed by atoms with Crippen LogP contribution in [0.5, 0.6) is 0 Å². The number of thioether (sulfide) groups is 1. The molecule has 0 aromatic carbocycles. The smallest absolute Gasteiger partial charge is 0.233 e. The Morgan fingerprint density at radius 2 is 2.29 bits per heavy atom. The Bertz CT molecular complexity index is 779. The van der Waals surface area contributed by atoms with Gasteiger partial charge in [0.25, 0.3) is 0 Å². The number of aryl methyl sites for hydroxylation is 1. The quantitative estimate of drug-likeness (QED) is 0.585. The molecule has 0 unspecified atom stereocenters. The molecule has 24 heavy (non-hydrogen) atoms. The molecule has 2 heterocycles. The number of hydrogen-bond acceptors (Lipinski definition) is 6. The van der Waals surface area contributed by atoms with Gasteiger partial charge in [-0.3, -0.25) is 4.79 Å². The van der Waals surface area contributed by atoms with Gasteiger partial charge in [-0.2, -0.15) is 5.26 Å². The van der Waals surface area contributed by atoms with Gasteiger partial charge >= 0.3 is 0 Å². The third-order valence-corrected chi connectivity index (χ3v) is 5.68. The van der Waals surface area contributed by atoms with Gasteiger partial charge in [0, 0.05) is 17.8 Å². The van der Waals surface area contributed by atoms with Crippen molar-refractivity contribution in [2.45, 2.75) is 37.3 Å². The molecule has 1 aliphatic rings. The van der Waals surface area contributed by atoms with Gasteiger partial charge in [-0.05, 0) is 31.2 Å². The summed E-state index contributed by atoms with van der Waals surface area (Å²) in [4.78, 5) is 24.2. The lowest BCUT2D eigenvalue weighted by atomic mass is 10.2. The number of nitriles is 1. The maximum absolute atomic E-state index is 12.3. The predicted molar refractivity (Wildman–Crippen MR) is 95.0 cm³/mol. The monoisotopic (exact) mass is 358 g/mol. The summed E-state index contributed by atoms with van der Waals surface area (Å²) in [6, 6.07) is 6.17. The standard InChI is InChI=1S/C17H18N4OS2/c1-11-14(8-18)17(20-16(19-11)12-5-6-12)24-10-15(22)21(2)9-13-4-3-7-23-13/h3-4,7,12H,5-6,9-10H2,1-2H3. The molecule has 124 valence electrons. The first-order valence-corrected chi connectivity index (χ1v) is 9.62. The summed E-state index contributed by atoms with van der Waals surface area (Å²) >= 11 is 2.97. The van der Waals surface area contributed by atoms with Crippen molar-refractivity contribution < 1.29 is 4.79 Å². The summed E-state index contributed by atoms with van der Waals surface area (Å²) in [6.07, 6.45) is 2.22. The van der Waals surface area contributed by atoms with E-state index in [0.717, 1.165) is 23.5 Å². The Kier molecular flexibility index (Phi) is 5.17. The highest BCUT2D eigenvalue weighted by Gasteiger charge is 2.28. The number of aromatic nitrogens is 2. The molecule has 0 aliphatic heterocycles. The second-order valence-electron chi connectivity index (χ2n) is 5.85. The summed E-state index contributed by atoms with van der Waals surface area (Å²) in [5.41, 5.74) is 1.19. The average Bonchev–Trinajstić information content (AvgIpc) is 3.30. The van der Waals surface area contributed by atoms with Gasteiger partial charge in [-0.25, -0.2) is 9.97 Å². The van der Waals surface area contributed by atoms with Crippen LogP contribution in [0.15, 0.2) is 22.5 Å². The van der Waals surface area contributed by atoms with E-state index in [0.29, 0.717) is 28.7 Å². The number of thiophene rings is 1. The second kappa shape index (κ2) is 7.32. The van der Waals surface area contributed by atoms with E-state index in [1.807, 2.05) is 24.4 Å². The maximum atomic E-state index is 12.3. The molecule has 1 saturated carbocycles. The van der Waals surface area contributed by atoms with E-state index in [4.69, 9.17) is 0 Å². The number of hydrogen-bond donors (Lipinski definition) is 0. The van der Waals surface area contributed by atoms with Crippen LogP contribution < -0.4 is 0 Å². The Morgan fingerprint density at radius 3 is 2.92 bits per heavy atom. The molecular weight excluding hydrogens is 340 g/mol. The minimum absolute atomic E-state index is 0.0292. The van der Waals surface area contributed by atoms with E-state index in [2.05, 4.69) is 16.0 Å². The minimum Gasteiger partial charge on any atom is -0.340 e. The summed E-state index contributed by atoms with van der Waals surface area (Å²) in [6.45, 7) is 2.44. The van der Waals surface area contributed by atoms with Crippen molar-refractivity contribution in [2.24, 2.45) is 0 Å². The van der Waals surface area contributed by atoms with Crippen LogP contribution in [0, 0.1) is 18.3 Å². The Morgan fingerprint density at radius 1 is 1.50 bits per heavy atom. The third kappa shape index (κ3) is 3.94. The Hall–Kier alpha value is -1.91. The van der Waals surface area contributed by atoms with Crippen LogP contribution in [0.1, 0.15) is 40.7 Å². The third-order valence-electron chi connectivity index (χ3n) is 3.86. The normalized spacial score (nSPS) is 13.5. The summed E-state index contributed by atoms with van der Waals surface area (Å²) < 4.78 is 0. The molecule has 0 radical (unpaired) electrons. The molecule has 0 N–H and O–H groups in total. The molecule has 0 atom stereocenters. The summed E-state index contributed by atoms with van der Waals surface area (Å²) in [7, 11) is 1.80.